The zero-order valence-electron chi connectivity index (χ0n) is 14.6. The molecule has 0 spiro atoms. The first-order valence-corrected chi connectivity index (χ1v) is 9.82. The fraction of sp³-hybridized carbons (Fsp3) is 0.650. The Hall–Kier alpha value is -1.91. The highest BCUT2D eigenvalue weighted by Gasteiger charge is 2.40. The number of aliphatic hydroxyl groups is 1. The van der Waals surface area contributed by atoms with Gasteiger partial charge in [0.25, 0.3) is 0 Å². The molecule has 0 aromatic carbocycles. The SMILES string of the molecule is OC1=CCC2C(C1)N=CCC2c1c(C2CCCC=N2)nn2c1CCC2. The van der Waals surface area contributed by atoms with Crippen LogP contribution in [0.25, 0.3) is 0 Å². The third-order valence-corrected chi connectivity index (χ3v) is 6.40. The second-order valence-corrected chi connectivity index (χ2v) is 7.89. The number of aryl methyl sites for hydroxylation is 1. The maximum atomic E-state index is 9.93. The van der Waals surface area contributed by atoms with Crippen LogP contribution in [0.5, 0.6) is 0 Å². The van der Waals surface area contributed by atoms with Gasteiger partial charge in [0.05, 0.1) is 23.5 Å². The van der Waals surface area contributed by atoms with Crippen LogP contribution in [0.15, 0.2) is 21.8 Å². The Balaban J connectivity index is 1.57. The minimum atomic E-state index is 0.225. The molecule has 1 N–H and O–H groups in total. The van der Waals surface area contributed by atoms with E-state index in [4.69, 9.17) is 15.1 Å². The van der Waals surface area contributed by atoms with Gasteiger partial charge < -0.3 is 5.11 Å². The Morgan fingerprint density at radius 1 is 1.12 bits per heavy atom. The highest BCUT2D eigenvalue weighted by Crippen LogP contribution is 2.46. The number of aliphatic imine (C=N–C) groups is 2. The standard InChI is InChI=1S/C20H26N4O/c25-13-6-7-14-15(8-10-22-17(14)12-13)19-18-5-3-11-24(18)23-20(19)16-4-1-2-9-21-16/h6,9-10,14-17,25H,1-5,7-8,11-12H2. The van der Waals surface area contributed by atoms with E-state index in [1.54, 1.807) is 0 Å². The molecule has 132 valence electrons. The average Bonchev–Trinajstić information content (AvgIpc) is 3.22. The summed E-state index contributed by atoms with van der Waals surface area (Å²) in [4.78, 5) is 9.51. The number of fused-ring (bicyclic) bond motifs is 2. The lowest BCUT2D eigenvalue weighted by molar-refractivity contribution is 0.272. The number of nitrogens with zero attached hydrogens (tertiary/aromatic N) is 4. The third-order valence-electron chi connectivity index (χ3n) is 6.40. The molecule has 0 bridgehead atoms. The van der Waals surface area contributed by atoms with E-state index in [0.717, 1.165) is 38.6 Å². The first-order valence-electron chi connectivity index (χ1n) is 9.82. The fourth-order valence-corrected chi connectivity index (χ4v) is 5.20. The van der Waals surface area contributed by atoms with Gasteiger partial charge in [0.2, 0.25) is 0 Å². The van der Waals surface area contributed by atoms with Crippen molar-refractivity contribution >= 4 is 12.4 Å². The van der Waals surface area contributed by atoms with Crippen LogP contribution in [0.4, 0.5) is 0 Å². The number of allylic oxidation sites excluding steroid dienone is 1. The Labute approximate surface area is 148 Å². The van der Waals surface area contributed by atoms with Crippen molar-refractivity contribution < 1.29 is 5.11 Å². The quantitative estimate of drug-likeness (QED) is 0.889. The molecule has 1 aliphatic carbocycles. The normalized spacial score (nSPS) is 33.8. The zero-order valence-corrected chi connectivity index (χ0v) is 14.6. The van der Waals surface area contributed by atoms with Crippen LogP contribution in [0.1, 0.15) is 73.9 Å². The molecule has 1 aromatic heterocycles. The number of aliphatic hydroxyl groups excluding tert-OH is 1. The summed E-state index contributed by atoms with van der Waals surface area (Å²) in [5, 5.41) is 15.0. The van der Waals surface area contributed by atoms with Crippen molar-refractivity contribution in [1.29, 1.82) is 0 Å². The van der Waals surface area contributed by atoms with Crippen LogP contribution in [0.3, 0.4) is 0 Å². The Bertz CT molecular complexity index is 760. The minimum Gasteiger partial charge on any atom is -0.513 e. The largest absolute Gasteiger partial charge is 0.513 e. The van der Waals surface area contributed by atoms with Crippen molar-refractivity contribution in [2.45, 2.75) is 75.9 Å². The van der Waals surface area contributed by atoms with Gasteiger partial charge in [-0.2, -0.15) is 5.10 Å². The Kier molecular flexibility index (Phi) is 3.75. The van der Waals surface area contributed by atoms with Crippen molar-refractivity contribution in [3.05, 3.63) is 28.8 Å². The van der Waals surface area contributed by atoms with Gasteiger partial charge in [-0.1, -0.05) is 0 Å². The summed E-state index contributed by atoms with van der Waals surface area (Å²) in [6, 6.07) is 0.468. The van der Waals surface area contributed by atoms with Crippen molar-refractivity contribution in [1.82, 2.24) is 9.78 Å². The lowest BCUT2D eigenvalue weighted by Gasteiger charge is -2.37. The fourth-order valence-electron chi connectivity index (χ4n) is 5.20. The molecule has 4 atom stereocenters. The van der Waals surface area contributed by atoms with E-state index < -0.39 is 0 Å². The van der Waals surface area contributed by atoms with Crippen LogP contribution in [-0.4, -0.2) is 33.4 Å². The third kappa shape index (κ3) is 2.55. The van der Waals surface area contributed by atoms with Gasteiger partial charge in [0, 0.05) is 24.2 Å². The molecule has 5 heteroatoms. The second-order valence-electron chi connectivity index (χ2n) is 7.89. The van der Waals surface area contributed by atoms with E-state index >= 15 is 0 Å². The lowest BCUT2D eigenvalue weighted by atomic mass is 9.71. The molecule has 25 heavy (non-hydrogen) atoms. The summed E-state index contributed by atoms with van der Waals surface area (Å²) >= 11 is 0. The summed E-state index contributed by atoms with van der Waals surface area (Å²) in [6.07, 6.45) is 14.6. The summed E-state index contributed by atoms with van der Waals surface area (Å²) in [5.41, 5.74) is 4.18. The molecule has 0 fully saturated rings. The molecule has 3 aliphatic heterocycles. The molecular weight excluding hydrogens is 312 g/mol. The van der Waals surface area contributed by atoms with Crippen molar-refractivity contribution in [2.24, 2.45) is 15.9 Å². The monoisotopic (exact) mass is 338 g/mol. The molecule has 4 heterocycles. The van der Waals surface area contributed by atoms with E-state index in [1.807, 2.05) is 6.08 Å². The molecule has 1 aromatic rings. The van der Waals surface area contributed by atoms with Gasteiger partial charge >= 0.3 is 0 Å². The predicted octanol–water partition coefficient (Wildman–Crippen LogP) is 3.90. The summed E-state index contributed by atoms with van der Waals surface area (Å²) in [6.45, 7) is 1.05. The van der Waals surface area contributed by atoms with E-state index in [1.165, 1.54) is 29.8 Å². The maximum Gasteiger partial charge on any atom is 0.0937 e. The molecule has 0 saturated heterocycles. The van der Waals surface area contributed by atoms with Crippen LogP contribution in [0.2, 0.25) is 0 Å². The maximum absolute atomic E-state index is 9.93. The average molecular weight is 338 g/mol. The summed E-state index contributed by atoms with van der Waals surface area (Å²) in [7, 11) is 0. The van der Waals surface area contributed by atoms with E-state index in [-0.39, 0.29) is 12.1 Å². The van der Waals surface area contributed by atoms with Crippen LogP contribution >= 0.6 is 0 Å². The van der Waals surface area contributed by atoms with E-state index in [9.17, 15) is 5.11 Å². The van der Waals surface area contributed by atoms with Gasteiger partial charge in [0.1, 0.15) is 0 Å². The molecule has 0 amide bonds. The number of hydrogen-bond acceptors (Lipinski definition) is 4. The van der Waals surface area contributed by atoms with Gasteiger partial charge in [-0.3, -0.25) is 14.7 Å². The Morgan fingerprint density at radius 2 is 2.08 bits per heavy atom. The smallest absolute Gasteiger partial charge is 0.0937 e. The van der Waals surface area contributed by atoms with Crippen molar-refractivity contribution in [3.8, 4) is 0 Å². The minimum absolute atomic E-state index is 0.225. The Morgan fingerprint density at radius 3 is 2.96 bits per heavy atom. The topological polar surface area (TPSA) is 62.8 Å². The van der Waals surface area contributed by atoms with Crippen molar-refractivity contribution in [2.75, 3.05) is 0 Å². The number of aromatic nitrogens is 2. The lowest BCUT2D eigenvalue weighted by Crippen LogP contribution is -2.32. The number of hydrogen-bond donors (Lipinski definition) is 1. The first kappa shape index (κ1) is 15.4. The van der Waals surface area contributed by atoms with E-state index in [0.29, 0.717) is 24.0 Å². The summed E-state index contributed by atoms with van der Waals surface area (Å²) in [5.74, 6) is 1.47. The highest BCUT2D eigenvalue weighted by atomic mass is 16.3. The zero-order chi connectivity index (χ0) is 16.8. The van der Waals surface area contributed by atoms with E-state index in [2.05, 4.69) is 17.1 Å². The highest BCUT2D eigenvalue weighted by molar-refractivity contribution is 5.62. The number of rotatable bonds is 2. The second kappa shape index (κ2) is 6.11. The molecule has 0 radical (unpaired) electrons. The molecular formula is C20H26N4O. The first-order chi connectivity index (χ1) is 12.3. The van der Waals surface area contributed by atoms with Gasteiger partial charge in [-0.15, -0.1) is 0 Å². The van der Waals surface area contributed by atoms with Crippen LogP contribution in [-0.2, 0) is 13.0 Å². The predicted molar refractivity (Wildman–Crippen MR) is 98.7 cm³/mol. The van der Waals surface area contributed by atoms with Gasteiger partial charge in [-0.05, 0) is 75.3 Å². The van der Waals surface area contributed by atoms with Crippen LogP contribution in [0, 0.1) is 5.92 Å². The molecule has 4 unspecified atom stereocenters. The van der Waals surface area contributed by atoms with Gasteiger partial charge in [-0.25, -0.2) is 0 Å². The molecule has 4 aliphatic rings. The van der Waals surface area contributed by atoms with Crippen LogP contribution < -0.4 is 0 Å². The molecule has 0 saturated carbocycles. The van der Waals surface area contributed by atoms with Gasteiger partial charge in [0.15, 0.2) is 0 Å². The molecule has 5 rings (SSSR count). The van der Waals surface area contributed by atoms with Crippen molar-refractivity contribution in [3.63, 3.8) is 0 Å². The summed E-state index contributed by atoms with van der Waals surface area (Å²) < 4.78 is 2.26. The molecule has 5 nitrogen and oxygen atoms in total.